The minimum atomic E-state index is -0.206. The average molecular weight is 250 g/mol. The van der Waals surface area contributed by atoms with Crippen LogP contribution in [0.15, 0.2) is 24.3 Å². The highest BCUT2D eigenvalue weighted by Gasteiger charge is 2.16. The van der Waals surface area contributed by atoms with Crippen LogP contribution in [0.25, 0.3) is 0 Å². The molecule has 0 saturated heterocycles. The van der Waals surface area contributed by atoms with E-state index in [0.717, 1.165) is 17.7 Å². The lowest BCUT2D eigenvalue weighted by Gasteiger charge is -2.21. The molecule has 4 nitrogen and oxygen atoms in total. The fraction of sp³-hybridized carbons (Fsp3) is 0.500. The fourth-order valence-electron chi connectivity index (χ4n) is 1.88. The van der Waals surface area contributed by atoms with E-state index >= 15 is 0 Å². The second-order valence-electron chi connectivity index (χ2n) is 4.24. The van der Waals surface area contributed by atoms with Crippen LogP contribution in [0.1, 0.15) is 31.9 Å². The number of nitrogens with one attached hydrogen (secondary N) is 2. The van der Waals surface area contributed by atoms with Crippen molar-refractivity contribution >= 4 is 5.91 Å². The summed E-state index contributed by atoms with van der Waals surface area (Å²) in [6.07, 6.45) is 0.924. The Bertz CT molecular complexity index is 376. The maximum Gasteiger partial charge on any atom is 0.236 e. The molecule has 0 bridgehead atoms. The van der Waals surface area contributed by atoms with Crippen molar-refractivity contribution in [2.75, 3.05) is 14.2 Å². The highest BCUT2D eigenvalue weighted by molar-refractivity contribution is 5.80. The molecule has 0 aliphatic rings. The van der Waals surface area contributed by atoms with Crippen LogP contribution in [0.3, 0.4) is 0 Å². The molecule has 0 spiro atoms. The van der Waals surface area contributed by atoms with E-state index in [4.69, 9.17) is 4.74 Å². The van der Waals surface area contributed by atoms with Crippen LogP contribution < -0.4 is 15.4 Å². The minimum absolute atomic E-state index is 0.00182. The summed E-state index contributed by atoms with van der Waals surface area (Å²) in [5.74, 6) is 0.843. The Balaban J connectivity index is 2.73. The molecule has 2 N–H and O–H groups in total. The fourth-order valence-corrected chi connectivity index (χ4v) is 1.88. The summed E-state index contributed by atoms with van der Waals surface area (Å²) in [7, 11) is 3.30. The van der Waals surface area contributed by atoms with Gasteiger partial charge in [-0.05, 0) is 31.0 Å². The van der Waals surface area contributed by atoms with Crippen molar-refractivity contribution < 1.29 is 9.53 Å². The summed E-state index contributed by atoms with van der Waals surface area (Å²) >= 11 is 0. The van der Waals surface area contributed by atoms with Crippen molar-refractivity contribution in [2.45, 2.75) is 32.4 Å². The third kappa shape index (κ3) is 3.74. The topological polar surface area (TPSA) is 50.4 Å². The van der Waals surface area contributed by atoms with Gasteiger partial charge in [-0.1, -0.05) is 19.1 Å². The number of carbonyl (C=O) groups excluding carboxylic acids is 1. The first-order valence-corrected chi connectivity index (χ1v) is 6.24. The van der Waals surface area contributed by atoms with Gasteiger partial charge in [0.2, 0.25) is 5.91 Å². The zero-order chi connectivity index (χ0) is 13.5. The van der Waals surface area contributed by atoms with Gasteiger partial charge in [-0.2, -0.15) is 0 Å². The zero-order valence-electron chi connectivity index (χ0n) is 11.5. The Kier molecular flexibility index (Phi) is 5.65. The van der Waals surface area contributed by atoms with Crippen LogP contribution in [-0.4, -0.2) is 26.1 Å². The Hall–Kier alpha value is -1.55. The third-order valence-corrected chi connectivity index (χ3v) is 3.02. The number of likely N-dealkylation sites (N-methyl/N-ethyl adjacent to an activating group) is 1. The van der Waals surface area contributed by atoms with E-state index in [1.54, 1.807) is 14.2 Å². The Morgan fingerprint density at radius 1 is 1.33 bits per heavy atom. The smallest absolute Gasteiger partial charge is 0.236 e. The van der Waals surface area contributed by atoms with Gasteiger partial charge in [0.05, 0.1) is 13.2 Å². The van der Waals surface area contributed by atoms with Gasteiger partial charge in [0, 0.05) is 13.1 Å². The first-order chi connectivity index (χ1) is 8.62. The molecule has 0 aromatic heterocycles. The number of hydrogen-bond acceptors (Lipinski definition) is 3. The highest BCUT2D eigenvalue weighted by Crippen LogP contribution is 2.20. The zero-order valence-corrected chi connectivity index (χ0v) is 11.5. The molecule has 2 atom stereocenters. The minimum Gasteiger partial charge on any atom is -0.497 e. The van der Waals surface area contributed by atoms with Gasteiger partial charge in [-0.15, -0.1) is 0 Å². The Morgan fingerprint density at radius 2 is 1.94 bits per heavy atom. The van der Waals surface area contributed by atoms with Crippen LogP contribution >= 0.6 is 0 Å². The number of benzene rings is 1. The molecule has 100 valence electrons. The summed E-state index contributed by atoms with van der Waals surface area (Å²) in [6, 6.07) is 7.88. The molecular formula is C14H22N2O2. The lowest BCUT2D eigenvalue weighted by atomic mass is 10.0. The van der Waals surface area contributed by atoms with E-state index in [-0.39, 0.29) is 18.0 Å². The molecule has 1 rings (SSSR count). The first-order valence-electron chi connectivity index (χ1n) is 6.24. The standard InChI is InChI=1S/C14H22N2O2/c1-5-13(16-10(2)14(17)15-3)11-6-8-12(18-4)9-7-11/h6-10,13,16H,5H2,1-4H3,(H,15,17). The normalized spacial score (nSPS) is 13.8. The van der Waals surface area contributed by atoms with Crippen LogP contribution in [0.5, 0.6) is 5.75 Å². The number of hydrogen-bond donors (Lipinski definition) is 2. The van der Waals surface area contributed by atoms with Gasteiger partial charge in [0.1, 0.15) is 5.75 Å². The van der Waals surface area contributed by atoms with E-state index in [1.165, 1.54) is 0 Å². The molecule has 0 fully saturated rings. The number of rotatable bonds is 6. The quantitative estimate of drug-likeness (QED) is 0.810. The molecule has 4 heteroatoms. The van der Waals surface area contributed by atoms with Gasteiger partial charge in [-0.25, -0.2) is 0 Å². The Morgan fingerprint density at radius 3 is 2.39 bits per heavy atom. The maximum absolute atomic E-state index is 11.5. The van der Waals surface area contributed by atoms with E-state index < -0.39 is 0 Å². The van der Waals surface area contributed by atoms with Crippen LogP contribution in [0.2, 0.25) is 0 Å². The van der Waals surface area contributed by atoms with Gasteiger partial charge in [0.15, 0.2) is 0 Å². The SMILES string of the molecule is CCC(NC(C)C(=O)NC)c1ccc(OC)cc1. The average Bonchev–Trinajstić information content (AvgIpc) is 2.43. The molecular weight excluding hydrogens is 228 g/mol. The third-order valence-electron chi connectivity index (χ3n) is 3.02. The number of amides is 1. The van der Waals surface area contributed by atoms with Crippen molar-refractivity contribution in [3.63, 3.8) is 0 Å². The molecule has 0 aliphatic heterocycles. The highest BCUT2D eigenvalue weighted by atomic mass is 16.5. The molecule has 0 aliphatic carbocycles. The summed E-state index contributed by atoms with van der Waals surface area (Å²) in [5, 5.41) is 5.96. The van der Waals surface area contributed by atoms with Gasteiger partial charge in [0.25, 0.3) is 0 Å². The van der Waals surface area contributed by atoms with Crippen LogP contribution in [0, 0.1) is 0 Å². The van der Waals surface area contributed by atoms with Crippen molar-refractivity contribution in [3.8, 4) is 5.75 Å². The number of carbonyl (C=O) groups is 1. The summed E-state index contributed by atoms with van der Waals surface area (Å²) < 4.78 is 5.13. The summed E-state index contributed by atoms with van der Waals surface area (Å²) in [4.78, 5) is 11.5. The Labute approximate surface area is 109 Å². The predicted octanol–water partition coefficient (Wildman–Crippen LogP) is 1.87. The molecule has 18 heavy (non-hydrogen) atoms. The monoisotopic (exact) mass is 250 g/mol. The van der Waals surface area contributed by atoms with Crippen molar-refractivity contribution in [1.29, 1.82) is 0 Å². The molecule has 2 unspecified atom stereocenters. The maximum atomic E-state index is 11.5. The summed E-state index contributed by atoms with van der Waals surface area (Å²) in [5.41, 5.74) is 1.16. The second-order valence-corrected chi connectivity index (χ2v) is 4.24. The van der Waals surface area contributed by atoms with E-state index in [0.29, 0.717) is 0 Å². The lowest BCUT2D eigenvalue weighted by Crippen LogP contribution is -2.42. The van der Waals surface area contributed by atoms with Crippen molar-refractivity contribution in [1.82, 2.24) is 10.6 Å². The molecule has 1 aromatic rings. The molecule has 1 aromatic carbocycles. The van der Waals surface area contributed by atoms with E-state index in [9.17, 15) is 4.79 Å². The molecule has 0 saturated carbocycles. The summed E-state index contributed by atoms with van der Waals surface area (Å²) in [6.45, 7) is 3.96. The number of ether oxygens (including phenoxy) is 1. The second kappa shape index (κ2) is 7.01. The van der Waals surface area contributed by atoms with Gasteiger partial charge in [-0.3, -0.25) is 10.1 Å². The van der Waals surface area contributed by atoms with Gasteiger partial charge < -0.3 is 10.1 Å². The van der Waals surface area contributed by atoms with Crippen molar-refractivity contribution in [2.24, 2.45) is 0 Å². The first kappa shape index (κ1) is 14.5. The molecule has 0 heterocycles. The van der Waals surface area contributed by atoms with Crippen LogP contribution in [0.4, 0.5) is 0 Å². The van der Waals surface area contributed by atoms with Crippen LogP contribution in [-0.2, 0) is 4.79 Å². The largest absolute Gasteiger partial charge is 0.497 e. The molecule has 1 amide bonds. The van der Waals surface area contributed by atoms with Crippen molar-refractivity contribution in [3.05, 3.63) is 29.8 Å². The number of methoxy groups -OCH3 is 1. The van der Waals surface area contributed by atoms with E-state index in [2.05, 4.69) is 17.6 Å². The predicted molar refractivity (Wildman–Crippen MR) is 72.7 cm³/mol. The molecule has 0 radical (unpaired) electrons. The van der Waals surface area contributed by atoms with E-state index in [1.807, 2.05) is 31.2 Å². The van der Waals surface area contributed by atoms with Gasteiger partial charge >= 0.3 is 0 Å². The lowest BCUT2D eigenvalue weighted by molar-refractivity contribution is -0.122.